The van der Waals surface area contributed by atoms with Crippen molar-refractivity contribution in [1.29, 1.82) is 0 Å². The number of hydrogen-bond acceptors (Lipinski definition) is 5. The Bertz CT molecular complexity index is 1300. The number of benzene rings is 3. The Morgan fingerprint density at radius 1 is 0.879 bits per heavy atom. The third kappa shape index (κ3) is 3.93. The minimum absolute atomic E-state index is 0.0294. The van der Waals surface area contributed by atoms with E-state index in [1.165, 1.54) is 32.4 Å². The number of halogens is 1. The van der Waals surface area contributed by atoms with Crippen LogP contribution in [0.3, 0.4) is 0 Å². The van der Waals surface area contributed by atoms with Crippen molar-refractivity contribution in [1.82, 2.24) is 0 Å². The molecule has 3 aromatic rings. The summed E-state index contributed by atoms with van der Waals surface area (Å²) in [5, 5.41) is 3.07. The van der Waals surface area contributed by atoms with E-state index in [1.807, 2.05) is 26.0 Å². The molecule has 0 saturated carbocycles. The quantitative estimate of drug-likeness (QED) is 0.548. The van der Waals surface area contributed by atoms with Crippen LogP contribution in [-0.4, -0.2) is 26.0 Å². The number of para-hydroxylation sites is 1. The standard InChI is InChI=1S/C26H23FN2O4/c1-15-9-11-18(16(2)13-15)23-24(28-20-14-17(32-3)10-12-22(20)33-4)26(31)29(25(23)30)21-8-6-5-7-19(21)27/h5-14,28H,1-4H3. The lowest BCUT2D eigenvalue weighted by Crippen LogP contribution is -2.33. The first kappa shape index (κ1) is 22.1. The molecule has 1 aliphatic heterocycles. The first-order valence-corrected chi connectivity index (χ1v) is 10.3. The van der Waals surface area contributed by atoms with Crippen molar-refractivity contribution in [3.8, 4) is 11.5 Å². The molecule has 0 aliphatic carbocycles. The van der Waals surface area contributed by atoms with Gasteiger partial charge in [-0.1, -0.05) is 35.9 Å². The van der Waals surface area contributed by atoms with Gasteiger partial charge in [0.05, 0.1) is 31.2 Å². The van der Waals surface area contributed by atoms with Crippen molar-refractivity contribution in [2.75, 3.05) is 24.4 Å². The summed E-state index contributed by atoms with van der Waals surface area (Å²) in [5.74, 6) is -0.951. The molecule has 0 spiro atoms. The molecule has 1 heterocycles. The van der Waals surface area contributed by atoms with Crippen molar-refractivity contribution in [3.05, 3.63) is 88.9 Å². The van der Waals surface area contributed by atoms with Crippen LogP contribution in [0.5, 0.6) is 11.5 Å². The first-order chi connectivity index (χ1) is 15.8. The number of nitrogens with zero attached hydrogens (tertiary/aromatic N) is 1. The average Bonchev–Trinajstić information content (AvgIpc) is 3.03. The number of amides is 2. The van der Waals surface area contributed by atoms with E-state index in [0.29, 0.717) is 22.7 Å². The number of carbonyl (C=O) groups excluding carboxylic acids is 2. The number of imide groups is 1. The molecular formula is C26H23FN2O4. The third-order valence-corrected chi connectivity index (χ3v) is 5.49. The Kier molecular flexibility index (Phi) is 5.87. The number of hydrogen-bond donors (Lipinski definition) is 1. The number of nitrogens with one attached hydrogen (secondary N) is 1. The molecule has 2 amide bonds. The molecule has 6 nitrogen and oxygen atoms in total. The summed E-state index contributed by atoms with van der Waals surface area (Å²) in [7, 11) is 3.02. The second-order valence-corrected chi connectivity index (χ2v) is 7.66. The molecule has 1 aliphatic rings. The largest absolute Gasteiger partial charge is 0.497 e. The molecule has 1 N–H and O–H groups in total. The van der Waals surface area contributed by atoms with Crippen LogP contribution in [0.15, 0.2) is 66.4 Å². The number of rotatable bonds is 6. The monoisotopic (exact) mass is 446 g/mol. The predicted octanol–water partition coefficient (Wildman–Crippen LogP) is 4.86. The van der Waals surface area contributed by atoms with E-state index in [4.69, 9.17) is 9.47 Å². The molecule has 4 rings (SSSR count). The Morgan fingerprint density at radius 2 is 1.64 bits per heavy atom. The van der Waals surface area contributed by atoms with Gasteiger partial charge in [-0.3, -0.25) is 9.59 Å². The maximum Gasteiger partial charge on any atom is 0.282 e. The zero-order valence-electron chi connectivity index (χ0n) is 18.7. The van der Waals surface area contributed by atoms with Crippen molar-refractivity contribution in [2.24, 2.45) is 0 Å². The second-order valence-electron chi connectivity index (χ2n) is 7.66. The summed E-state index contributed by atoms with van der Waals surface area (Å²) < 4.78 is 25.3. The summed E-state index contributed by atoms with van der Waals surface area (Å²) in [6.07, 6.45) is 0. The highest BCUT2D eigenvalue weighted by Gasteiger charge is 2.42. The fourth-order valence-corrected chi connectivity index (χ4v) is 3.89. The van der Waals surface area contributed by atoms with Crippen LogP contribution < -0.4 is 19.7 Å². The molecule has 0 radical (unpaired) electrons. The average molecular weight is 446 g/mol. The van der Waals surface area contributed by atoms with Crippen molar-refractivity contribution in [2.45, 2.75) is 13.8 Å². The first-order valence-electron chi connectivity index (χ1n) is 10.3. The highest BCUT2D eigenvalue weighted by atomic mass is 19.1. The van der Waals surface area contributed by atoms with Crippen LogP contribution in [-0.2, 0) is 9.59 Å². The number of ether oxygens (including phenoxy) is 2. The van der Waals surface area contributed by atoms with Crippen LogP contribution in [0.1, 0.15) is 16.7 Å². The maximum atomic E-state index is 14.6. The smallest absolute Gasteiger partial charge is 0.282 e. The zero-order chi connectivity index (χ0) is 23.7. The number of aryl methyl sites for hydroxylation is 2. The Morgan fingerprint density at radius 3 is 2.30 bits per heavy atom. The summed E-state index contributed by atoms with van der Waals surface area (Å²) >= 11 is 0. The van der Waals surface area contributed by atoms with Gasteiger partial charge in [-0.25, -0.2) is 9.29 Å². The fraction of sp³-hybridized carbons (Fsp3) is 0.154. The Labute approximate surface area is 191 Å². The van der Waals surface area contributed by atoms with E-state index in [-0.39, 0.29) is 17.0 Å². The highest BCUT2D eigenvalue weighted by Crippen LogP contribution is 2.38. The molecule has 0 unspecified atom stereocenters. The van der Waals surface area contributed by atoms with Crippen LogP contribution in [0.25, 0.3) is 5.57 Å². The van der Waals surface area contributed by atoms with E-state index in [2.05, 4.69) is 5.32 Å². The van der Waals surface area contributed by atoms with Gasteiger partial charge in [0.2, 0.25) is 0 Å². The van der Waals surface area contributed by atoms with Crippen molar-refractivity contribution in [3.63, 3.8) is 0 Å². The maximum absolute atomic E-state index is 14.6. The van der Waals surface area contributed by atoms with E-state index in [1.54, 1.807) is 30.3 Å². The minimum Gasteiger partial charge on any atom is -0.497 e. The summed E-state index contributed by atoms with van der Waals surface area (Å²) in [4.78, 5) is 28.0. The van der Waals surface area contributed by atoms with Gasteiger partial charge in [-0.15, -0.1) is 0 Å². The summed E-state index contributed by atoms with van der Waals surface area (Å²) in [6.45, 7) is 3.81. The lowest BCUT2D eigenvalue weighted by Gasteiger charge is -2.16. The molecule has 7 heteroatoms. The summed E-state index contributed by atoms with van der Waals surface area (Å²) in [5.41, 5.74) is 2.94. The molecule has 3 aromatic carbocycles. The van der Waals surface area contributed by atoms with Gasteiger partial charge in [0.1, 0.15) is 23.0 Å². The second kappa shape index (κ2) is 8.78. The van der Waals surface area contributed by atoms with Gasteiger partial charge in [0, 0.05) is 6.07 Å². The summed E-state index contributed by atoms with van der Waals surface area (Å²) in [6, 6.07) is 16.3. The highest BCUT2D eigenvalue weighted by molar-refractivity contribution is 6.46. The molecule has 0 aromatic heterocycles. The van der Waals surface area contributed by atoms with E-state index < -0.39 is 17.6 Å². The molecule has 168 valence electrons. The zero-order valence-corrected chi connectivity index (χ0v) is 18.7. The van der Waals surface area contributed by atoms with Crippen LogP contribution >= 0.6 is 0 Å². The minimum atomic E-state index is -0.667. The van der Waals surface area contributed by atoms with Gasteiger partial charge >= 0.3 is 0 Å². The molecule has 0 fully saturated rings. The van der Waals surface area contributed by atoms with Gasteiger partial charge in [-0.05, 0) is 49.2 Å². The van der Waals surface area contributed by atoms with Crippen LogP contribution in [0.2, 0.25) is 0 Å². The lowest BCUT2D eigenvalue weighted by atomic mass is 9.97. The van der Waals surface area contributed by atoms with Gasteiger partial charge in [0.25, 0.3) is 11.8 Å². The lowest BCUT2D eigenvalue weighted by molar-refractivity contribution is -0.120. The molecule has 0 saturated heterocycles. The predicted molar refractivity (Wildman–Crippen MR) is 125 cm³/mol. The van der Waals surface area contributed by atoms with E-state index >= 15 is 0 Å². The molecule has 33 heavy (non-hydrogen) atoms. The van der Waals surface area contributed by atoms with Crippen molar-refractivity contribution >= 4 is 28.8 Å². The van der Waals surface area contributed by atoms with Gasteiger partial charge in [-0.2, -0.15) is 0 Å². The van der Waals surface area contributed by atoms with Gasteiger partial charge in [0.15, 0.2) is 0 Å². The Balaban J connectivity index is 1.91. The van der Waals surface area contributed by atoms with Crippen molar-refractivity contribution < 1.29 is 23.5 Å². The van der Waals surface area contributed by atoms with Crippen LogP contribution in [0, 0.1) is 19.7 Å². The van der Waals surface area contributed by atoms with E-state index in [0.717, 1.165) is 16.0 Å². The number of carbonyl (C=O) groups is 2. The number of anilines is 2. The molecule has 0 bridgehead atoms. The molecule has 0 atom stereocenters. The molecular weight excluding hydrogens is 423 g/mol. The van der Waals surface area contributed by atoms with E-state index in [9.17, 15) is 14.0 Å². The fourth-order valence-electron chi connectivity index (χ4n) is 3.89. The SMILES string of the molecule is COc1ccc(OC)c(NC2=C(c3ccc(C)cc3C)C(=O)N(c3ccccc3F)C2=O)c1. The van der Waals surface area contributed by atoms with Crippen LogP contribution in [0.4, 0.5) is 15.8 Å². The number of methoxy groups -OCH3 is 2. The Hall–Kier alpha value is -4.13. The van der Waals surface area contributed by atoms with Gasteiger partial charge < -0.3 is 14.8 Å². The topological polar surface area (TPSA) is 67.9 Å². The third-order valence-electron chi connectivity index (χ3n) is 5.49. The normalized spacial score (nSPS) is 13.5.